The molecule has 0 bridgehead atoms. The standard InChI is InChI=1S/C16H10BrNO2S/c17-12-7-5-11(6-8-12)14(19)9-10-21-16-18-13-3-1-2-4-15(13)20-16/h1-10H/b10-9-. The Hall–Kier alpha value is -1.85. The smallest absolute Gasteiger partial charge is 0.261 e. The molecule has 5 heteroatoms. The summed E-state index contributed by atoms with van der Waals surface area (Å²) in [7, 11) is 0. The van der Waals surface area contributed by atoms with Crippen molar-refractivity contribution in [2.75, 3.05) is 0 Å². The Balaban J connectivity index is 1.68. The molecule has 0 spiro atoms. The lowest BCUT2D eigenvalue weighted by atomic mass is 10.1. The van der Waals surface area contributed by atoms with Gasteiger partial charge in [0.25, 0.3) is 5.22 Å². The number of carbonyl (C=O) groups is 1. The van der Waals surface area contributed by atoms with Crippen molar-refractivity contribution in [3.05, 3.63) is 70.1 Å². The monoisotopic (exact) mass is 359 g/mol. The number of ketones is 1. The summed E-state index contributed by atoms with van der Waals surface area (Å²) in [4.78, 5) is 16.3. The van der Waals surface area contributed by atoms with E-state index in [0.29, 0.717) is 10.8 Å². The van der Waals surface area contributed by atoms with Crippen molar-refractivity contribution in [1.29, 1.82) is 0 Å². The highest BCUT2D eigenvalue weighted by Crippen LogP contribution is 2.24. The van der Waals surface area contributed by atoms with E-state index < -0.39 is 0 Å². The zero-order chi connectivity index (χ0) is 14.7. The second-order valence-corrected chi connectivity index (χ2v) is 6.01. The van der Waals surface area contributed by atoms with Gasteiger partial charge in [0.15, 0.2) is 11.4 Å². The summed E-state index contributed by atoms with van der Waals surface area (Å²) in [6.45, 7) is 0. The van der Waals surface area contributed by atoms with Crippen LogP contribution in [-0.4, -0.2) is 10.8 Å². The normalized spacial score (nSPS) is 11.3. The first-order valence-corrected chi connectivity index (χ1v) is 7.88. The summed E-state index contributed by atoms with van der Waals surface area (Å²) in [5.74, 6) is -0.0499. The van der Waals surface area contributed by atoms with Crippen LogP contribution in [0.2, 0.25) is 0 Å². The molecule has 3 rings (SSSR count). The van der Waals surface area contributed by atoms with Crippen molar-refractivity contribution in [1.82, 2.24) is 4.98 Å². The summed E-state index contributed by atoms with van der Waals surface area (Å²) >= 11 is 4.62. The van der Waals surface area contributed by atoms with Crippen molar-refractivity contribution in [2.45, 2.75) is 5.22 Å². The second-order valence-electron chi connectivity index (χ2n) is 4.24. The molecule has 1 aromatic heterocycles. The molecule has 0 aliphatic carbocycles. The van der Waals surface area contributed by atoms with Gasteiger partial charge in [-0.2, -0.15) is 0 Å². The second kappa shape index (κ2) is 6.28. The van der Waals surface area contributed by atoms with Crippen molar-refractivity contribution >= 4 is 44.6 Å². The lowest BCUT2D eigenvalue weighted by Gasteiger charge is -1.95. The van der Waals surface area contributed by atoms with Crippen LogP contribution in [0.3, 0.4) is 0 Å². The molecule has 0 aliphatic heterocycles. The number of hydrogen-bond donors (Lipinski definition) is 0. The Morgan fingerprint density at radius 1 is 1.14 bits per heavy atom. The predicted molar refractivity (Wildman–Crippen MR) is 87.5 cm³/mol. The SMILES string of the molecule is O=C(/C=C\Sc1nc2ccccc2o1)c1ccc(Br)cc1. The number of aromatic nitrogens is 1. The van der Waals surface area contributed by atoms with Crippen LogP contribution in [0.1, 0.15) is 10.4 Å². The summed E-state index contributed by atoms with van der Waals surface area (Å²) < 4.78 is 6.50. The number of oxazole rings is 1. The van der Waals surface area contributed by atoms with Crippen molar-refractivity contribution in [2.24, 2.45) is 0 Å². The fourth-order valence-corrected chi connectivity index (χ4v) is 2.63. The molecule has 0 N–H and O–H groups in total. The van der Waals surface area contributed by atoms with Gasteiger partial charge in [-0.05, 0) is 59.6 Å². The van der Waals surface area contributed by atoms with E-state index in [1.807, 2.05) is 36.4 Å². The van der Waals surface area contributed by atoms with E-state index in [0.717, 1.165) is 15.6 Å². The molecule has 3 aromatic rings. The minimum atomic E-state index is -0.0499. The molecule has 0 aliphatic rings. The molecule has 3 nitrogen and oxygen atoms in total. The fraction of sp³-hybridized carbons (Fsp3) is 0. The number of benzene rings is 2. The van der Waals surface area contributed by atoms with Crippen LogP contribution in [0.15, 0.2) is 74.1 Å². The first kappa shape index (κ1) is 14.1. The topological polar surface area (TPSA) is 43.1 Å². The van der Waals surface area contributed by atoms with Crippen LogP contribution in [0, 0.1) is 0 Å². The quantitative estimate of drug-likeness (QED) is 0.370. The highest BCUT2D eigenvalue weighted by molar-refractivity contribution is 9.10. The first-order valence-electron chi connectivity index (χ1n) is 6.21. The van der Waals surface area contributed by atoms with Gasteiger partial charge in [0.1, 0.15) is 5.52 Å². The molecule has 2 aromatic carbocycles. The Labute approximate surface area is 134 Å². The van der Waals surface area contributed by atoms with Crippen LogP contribution in [0.25, 0.3) is 11.1 Å². The Bertz CT molecular complexity index is 776. The number of hydrogen-bond acceptors (Lipinski definition) is 4. The van der Waals surface area contributed by atoms with Gasteiger partial charge in [0, 0.05) is 10.0 Å². The average molecular weight is 360 g/mol. The van der Waals surface area contributed by atoms with E-state index >= 15 is 0 Å². The lowest BCUT2D eigenvalue weighted by molar-refractivity contribution is 0.104. The Morgan fingerprint density at radius 2 is 1.90 bits per heavy atom. The number of nitrogens with zero attached hydrogens (tertiary/aromatic N) is 1. The molecule has 0 amide bonds. The predicted octanol–water partition coefficient (Wildman–Crippen LogP) is 5.08. The van der Waals surface area contributed by atoms with E-state index in [1.54, 1.807) is 17.5 Å². The number of fused-ring (bicyclic) bond motifs is 1. The molecule has 0 saturated carbocycles. The molecule has 0 atom stereocenters. The van der Waals surface area contributed by atoms with Crippen LogP contribution < -0.4 is 0 Å². The van der Waals surface area contributed by atoms with Gasteiger partial charge >= 0.3 is 0 Å². The molecular formula is C16H10BrNO2S. The van der Waals surface area contributed by atoms with Gasteiger partial charge in [0.2, 0.25) is 0 Å². The van der Waals surface area contributed by atoms with Crippen molar-refractivity contribution < 1.29 is 9.21 Å². The maximum absolute atomic E-state index is 12.0. The van der Waals surface area contributed by atoms with Crippen molar-refractivity contribution in [3.63, 3.8) is 0 Å². The van der Waals surface area contributed by atoms with Crippen LogP contribution >= 0.6 is 27.7 Å². The highest BCUT2D eigenvalue weighted by atomic mass is 79.9. The number of rotatable bonds is 4. The lowest BCUT2D eigenvalue weighted by Crippen LogP contribution is -1.92. The molecule has 0 saturated heterocycles. The summed E-state index contributed by atoms with van der Waals surface area (Å²) in [6.07, 6.45) is 1.52. The molecule has 0 radical (unpaired) electrons. The van der Waals surface area contributed by atoms with Gasteiger partial charge in [-0.25, -0.2) is 4.98 Å². The van der Waals surface area contributed by atoms with Gasteiger partial charge in [-0.15, -0.1) is 0 Å². The van der Waals surface area contributed by atoms with Gasteiger partial charge in [-0.1, -0.05) is 28.1 Å². The summed E-state index contributed by atoms with van der Waals surface area (Å²) in [5, 5.41) is 2.21. The number of allylic oxidation sites excluding steroid dienone is 1. The third-order valence-electron chi connectivity index (χ3n) is 2.79. The maximum Gasteiger partial charge on any atom is 0.261 e. The van der Waals surface area contributed by atoms with Crippen molar-refractivity contribution in [3.8, 4) is 0 Å². The zero-order valence-electron chi connectivity index (χ0n) is 10.8. The summed E-state index contributed by atoms with van der Waals surface area (Å²) in [5.41, 5.74) is 2.20. The Morgan fingerprint density at radius 3 is 2.67 bits per heavy atom. The largest absolute Gasteiger partial charge is 0.431 e. The molecule has 0 unspecified atom stereocenters. The molecule has 21 heavy (non-hydrogen) atoms. The van der Waals surface area contributed by atoms with Gasteiger partial charge in [0.05, 0.1) is 0 Å². The van der Waals surface area contributed by atoms with E-state index in [9.17, 15) is 4.79 Å². The number of carbonyl (C=O) groups excluding carboxylic acids is 1. The van der Waals surface area contributed by atoms with E-state index in [2.05, 4.69) is 20.9 Å². The highest BCUT2D eigenvalue weighted by Gasteiger charge is 2.05. The van der Waals surface area contributed by atoms with Gasteiger partial charge < -0.3 is 4.42 Å². The third-order valence-corrected chi connectivity index (χ3v) is 3.97. The Kier molecular flexibility index (Phi) is 4.22. The molecule has 1 heterocycles. The number of halogens is 1. The van der Waals surface area contributed by atoms with Crippen LogP contribution in [0.5, 0.6) is 0 Å². The molecule has 0 fully saturated rings. The van der Waals surface area contributed by atoms with E-state index in [1.165, 1.54) is 17.8 Å². The zero-order valence-corrected chi connectivity index (χ0v) is 13.2. The molecular weight excluding hydrogens is 350 g/mol. The summed E-state index contributed by atoms with van der Waals surface area (Å²) in [6, 6.07) is 14.8. The number of para-hydroxylation sites is 2. The van der Waals surface area contributed by atoms with Gasteiger partial charge in [-0.3, -0.25) is 4.79 Å². The minimum Gasteiger partial charge on any atom is -0.431 e. The van der Waals surface area contributed by atoms with Crippen LogP contribution in [-0.2, 0) is 0 Å². The average Bonchev–Trinajstić information content (AvgIpc) is 2.90. The minimum absolute atomic E-state index is 0.0499. The fourth-order valence-electron chi connectivity index (χ4n) is 1.77. The van der Waals surface area contributed by atoms with E-state index in [4.69, 9.17) is 4.42 Å². The van der Waals surface area contributed by atoms with E-state index in [-0.39, 0.29) is 5.78 Å². The first-order chi connectivity index (χ1) is 10.2. The third kappa shape index (κ3) is 3.43. The maximum atomic E-state index is 12.0. The van der Waals surface area contributed by atoms with Crippen LogP contribution in [0.4, 0.5) is 0 Å². The number of thioether (sulfide) groups is 1. The molecule has 104 valence electrons.